The van der Waals surface area contributed by atoms with Crippen LogP contribution in [-0.2, 0) is 16.1 Å². The number of hydrogen-bond donors (Lipinski definition) is 1. The van der Waals surface area contributed by atoms with Crippen LogP contribution in [0, 0.1) is 10.6 Å². The first-order chi connectivity index (χ1) is 9.11. The Labute approximate surface area is 113 Å². The number of nitrogens with zero attached hydrogens (tertiary/aromatic N) is 2. The summed E-state index contributed by atoms with van der Waals surface area (Å²) in [5, 5.41) is 10.7. The van der Waals surface area contributed by atoms with E-state index in [1.807, 2.05) is 0 Å². The molecule has 2 aliphatic rings. The fraction of sp³-hybridized carbons (Fsp3) is 0.385. The number of carboxylic acids is 1. The monoisotopic (exact) mass is 277 g/mol. The van der Waals surface area contributed by atoms with Crippen LogP contribution < -0.4 is 5.36 Å². The van der Waals surface area contributed by atoms with Gasteiger partial charge in [0.2, 0.25) is 0 Å². The molecule has 0 amide bonds. The lowest BCUT2D eigenvalue weighted by Crippen LogP contribution is -2.18. The zero-order valence-electron chi connectivity index (χ0n) is 10.4. The highest BCUT2D eigenvalue weighted by molar-refractivity contribution is 7.74. The second-order valence-electron chi connectivity index (χ2n) is 4.71. The second kappa shape index (κ2) is 4.47. The number of aromatic carboxylic acids is 1. The maximum Gasteiger partial charge on any atom is 0.352 e. The molecule has 6 heteroatoms. The maximum atomic E-state index is 11.4. The highest BCUT2D eigenvalue weighted by atomic mass is 32.1. The molecule has 1 aromatic rings. The quantitative estimate of drug-likeness (QED) is 0.657. The molecule has 2 atom stereocenters. The van der Waals surface area contributed by atoms with Crippen molar-refractivity contribution in [1.29, 1.82) is 0 Å². The molecule has 2 heterocycles. The summed E-state index contributed by atoms with van der Waals surface area (Å²) in [6.45, 7) is 4.45. The molecule has 1 N–H and O–H groups in total. The van der Waals surface area contributed by atoms with Crippen molar-refractivity contribution in [2.24, 2.45) is 10.9 Å². The molecule has 0 bridgehead atoms. The van der Waals surface area contributed by atoms with Crippen molar-refractivity contribution >= 4 is 17.3 Å². The third kappa shape index (κ3) is 2.06. The van der Waals surface area contributed by atoms with Gasteiger partial charge in [-0.05, 0) is 24.8 Å². The highest BCUT2D eigenvalue weighted by Gasteiger charge is 2.43. The molecule has 3 rings (SSSR count). The van der Waals surface area contributed by atoms with E-state index in [2.05, 4.69) is 16.6 Å². The minimum atomic E-state index is -0.953. The molecule has 0 unspecified atom stereocenters. The van der Waals surface area contributed by atoms with Crippen molar-refractivity contribution in [1.82, 2.24) is 4.98 Å². The van der Waals surface area contributed by atoms with Crippen molar-refractivity contribution < 1.29 is 14.6 Å². The minimum absolute atomic E-state index is 0.207. The Kier molecular flexibility index (Phi) is 2.91. The Hall–Kier alpha value is -1.66. The maximum absolute atomic E-state index is 11.4. The SMILES string of the molecule is C=C1N=c2c([C@@H]3C[C@H]3COC)c(C(=O)O)cnc2=[S+]1. The van der Waals surface area contributed by atoms with Crippen LogP contribution in [0.5, 0.6) is 0 Å². The third-order valence-corrected chi connectivity index (χ3v) is 4.23. The van der Waals surface area contributed by atoms with E-state index in [4.69, 9.17) is 4.74 Å². The molecule has 1 saturated carbocycles. The number of fused-ring (bicyclic) bond motifs is 1. The Morgan fingerprint density at radius 2 is 2.47 bits per heavy atom. The number of carboxylic acid groups (broad SMARTS) is 1. The van der Waals surface area contributed by atoms with Crippen LogP contribution in [0.3, 0.4) is 0 Å². The third-order valence-electron chi connectivity index (χ3n) is 3.41. The Morgan fingerprint density at radius 3 is 3.16 bits per heavy atom. The Morgan fingerprint density at radius 1 is 1.68 bits per heavy atom. The van der Waals surface area contributed by atoms with E-state index in [1.54, 1.807) is 7.11 Å². The number of aromatic nitrogens is 1. The van der Waals surface area contributed by atoms with Crippen molar-refractivity contribution in [3.63, 3.8) is 0 Å². The molecule has 19 heavy (non-hydrogen) atoms. The smallest absolute Gasteiger partial charge is 0.352 e. The van der Waals surface area contributed by atoms with Gasteiger partial charge in [-0.2, -0.15) is 9.98 Å². The molecule has 0 spiro atoms. The first-order valence-electron chi connectivity index (χ1n) is 5.95. The van der Waals surface area contributed by atoms with Crippen molar-refractivity contribution in [2.45, 2.75) is 12.3 Å². The van der Waals surface area contributed by atoms with Crippen LogP contribution in [0.15, 0.2) is 22.8 Å². The van der Waals surface area contributed by atoms with Gasteiger partial charge in [-0.25, -0.2) is 4.79 Å². The molecule has 0 radical (unpaired) electrons. The predicted octanol–water partition coefficient (Wildman–Crippen LogP) is 0.968. The van der Waals surface area contributed by atoms with Crippen LogP contribution in [0.25, 0.3) is 0 Å². The van der Waals surface area contributed by atoms with Gasteiger partial charge in [-0.1, -0.05) is 0 Å². The number of rotatable bonds is 4. The minimum Gasteiger partial charge on any atom is -0.478 e. The molecule has 1 aromatic heterocycles. The summed E-state index contributed by atoms with van der Waals surface area (Å²) < 4.78 is 5.90. The van der Waals surface area contributed by atoms with E-state index in [9.17, 15) is 9.90 Å². The summed E-state index contributed by atoms with van der Waals surface area (Å²) in [7, 11) is 1.66. The lowest BCUT2D eigenvalue weighted by molar-refractivity contribution is 0.0694. The number of methoxy groups -OCH3 is 1. The van der Waals surface area contributed by atoms with Gasteiger partial charge >= 0.3 is 15.6 Å². The number of ether oxygens (including phenoxy) is 1. The number of pyridine rings is 1. The summed E-state index contributed by atoms with van der Waals surface area (Å²) in [5.74, 6) is -0.368. The Bertz CT molecular complexity index is 699. The van der Waals surface area contributed by atoms with Crippen molar-refractivity contribution in [2.75, 3.05) is 13.7 Å². The van der Waals surface area contributed by atoms with E-state index in [0.29, 0.717) is 22.9 Å². The molecular weight excluding hydrogens is 264 g/mol. The van der Waals surface area contributed by atoms with Crippen LogP contribution in [0.2, 0.25) is 0 Å². The molecule has 1 aliphatic carbocycles. The highest BCUT2D eigenvalue weighted by Crippen LogP contribution is 2.47. The van der Waals surface area contributed by atoms with Crippen LogP contribution in [0.4, 0.5) is 0 Å². The van der Waals surface area contributed by atoms with Crippen molar-refractivity contribution in [3.8, 4) is 0 Å². The van der Waals surface area contributed by atoms with Gasteiger partial charge < -0.3 is 9.84 Å². The van der Waals surface area contributed by atoms with E-state index in [1.165, 1.54) is 17.5 Å². The lowest BCUT2D eigenvalue weighted by Gasteiger charge is -2.03. The molecule has 98 valence electrons. The largest absolute Gasteiger partial charge is 0.478 e. The van der Waals surface area contributed by atoms with Gasteiger partial charge in [0, 0.05) is 25.5 Å². The Balaban J connectivity index is 2.15. The zero-order chi connectivity index (χ0) is 13.6. The predicted molar refractivity (Wildman–Crippen MR) is 70.4 cm³/mol. The lowest BCUT2D eigenvalue weighted by atomic mass is 10.0. The number of hydrogen-bond acceptors (Lipinski definition) is 4. The van der Waals surface area contributed by atoms with Crippen molar-refractivity contribution in [3.05, 3.63) is 38.9 Å². The van der Waals surface area contributed by atoms with Gasteiger partial charge in [0.15, 0.2) is 5.36 Å². The fourth-order valence-electron chi connectivity index (χ4n) is 2.48. The topological polar surface area (TPSA) is 71.8 Å². The van der Waals surface area contributed by atoms with E-state index in [-0.39, 0.29) is 11.5 Å². The summed E-state index contributed by atoms with van der Waals surface area (Å²) in [5.41, 5.74) is 1.05. The zero-order valence-corrected chi connectivity index (χ0v) is 11.2. The molecule has 0 aromatic carbocycles. The summed E-state index contributed by atoms with van der Waals surface area (Å²) >= 11 is 1.39. The molecule has 0 saturated heterocycles. The van der Waals surface area contributed by atoms with Gasteiger partial charge in [0.05, 0.1) is 5.56 Å². The first kappa shape index (κ1) is 12.4. The average molecular weight is 277 g/mol. The van der Waals surface area contributed by atoms with Crippen LogP contribution in [0.1, 0.15) is 28.3 Å². The fourth-order valence-corrected chi connectivity index (χ4v) is 3.20. The van der Waals surface area contributed by atoms with E-state index >= 15 is 0 Å². The van der Waals surface area contributed by atoms with Gasteiger partial charge in [-0.15, -0.1) is 0 Å². The van der Waals surface area contributed by atoms with Gasteiger partial charge in [-0.3, -0.25) is 0 Å². The molecule has 1 aliphatic heterocycles. The van der Waals surface area contributed by atoms with E-state index < -0.39 is 5.97 Å². The van der Waals surface area contributed by atoms with Crippen LogP contribution in [-0.4, -0.2) is 29.8 Å². The van der Waals surface area contributed by atoms with Gasteiger partial charge in [0.25, 0.3) is 11.4 Å². The average Bonchev–Trinajstić information content (AvgIpc) is 2.99. The van der Waals surface area contributed by atoms with E-state index in [0.717, 1.165) is 16.6 Å². The first-order valence-corrected chi connectivity index (χ1v) is 6.77. The normalized spacial score (nSPS) is 23.5. The summed E-state index contributed by atoms with van der Waals surface area (Å²) in [6, 6.07) is 0. The van der Waals surface area contributed by atoms with Crippen LogP contribution >= 0.6 is 0 Å². The molecular formula is C13H13N2O3S+. The summed E-state index contributed by atoms with van der Waals surface area (Å²) in [4.78, 5) is 19.9. The standard InChI is InChI=1S/C13H12N2O3S/c1-6-15-11-10(8-3-7(8)5-18-2)9(13(16)17)4-14-12(11)19-6/h4,7-8H,1,3,5H2,2H3/p+1/t7-,8+/m0/s1. The van der Waals surface area contributed by atoms with Gasteiger partial charge in [0.1, 0.15) is 0 Å². The number of carbonyl (C=O) groups is 1. The summed E-state index contributed by atoms with van der Waals surface area (Å²) in [6.07, 6.45) is 2.37. The molecule has 5 nitrogen and oxygen atoms in total. The second-order valence-corrected chi connectivity index (χ2v) is 5.77. The molecule has 1 fully saturated rings.